The molecule has 3 rings (SSSR count). The van der Waals surface area contributed by atoms with Gasteiger partial charge in [-0.15, -0.1) is 11.3 Å². The molecule has 112 valence electrons. The standard InChI is InChI=1S/C18H24N2S/c1-13-12-21-18(20-13)11-16-10-15(8-9-17(16)19-2)14-6-4-3-5-7-14/h3-7,12,15-17,19H,8-11H2,1-2H3. The molecule has 0 spiro atoms. The van der Waals surface area contributed by atoms with Crippen LogP contribution in [0.5, 0.6) is 0 Å². The maximum absolute atomic E-state index is 4.66. The van der Waals surface area contributed by atoms with Crippen molar-refractivity contribution in [2.45, 2.75) is 44.6 Å². The van der Waals surface area contributed by atoms with Gasteiger partial charge in [-0.05, 0) is 50.6 Å². The van der Waals surface area contributed by atoms with Crippen molar-refractivity contribution in [1.29, 1.82) is 0 Å². The van der Waals surface area contributed by atoms with Gasteiger partial charge in [0.2, 0.25) is 0 Å². The molecule has 1 saturated carbocycles. The minimum absolute atomic E-state index is 0.633. The van der Waals surface area contributed by atoms with Gasteiger partial charge in [-0.2, -0.15) is 0 Å². The molecule has 1 aliphatic carbocycles. The summed E-state index contributed by atoms with van der Waals surface area (Å²) in [6.45, 7) is 2.09. The fourth-order valence-electron chi connectivity index (χ4n) is 3.62. The van der Waals surface area contributed by atoms with Crippen LogP contribution in [0.4, 0.5) is 0 Å². The molecular weight excluding hydrogens is 276 g/mol. The second-order valence-electron chi connectivity index (χ2n) is 6.16. The monoisotopic (exact) mass is 300 g/mol. The van der Waals surface area contributed by atoms with Crippen LogP contribution in [0.25, 0.3) is 0 Å². The lowest BCUT2D eigenvalue weighted by molar-refractivity contribution is 0.248. The van der Waals surface area contributed by atoms with E-state index in [0.717, 1.165) is 12.1 Å². The van der Waals surface area contributed by atoms with Gasteiger partial charge in [0.15, 0.2) is 0 Å². The van der Waals surface area contributed by atoms with E-state index < -0.39 is 0 Å². The zero-order valence-electron chi connectivity index (χ0n) is 12.9. The third-order valence-electron chi connectivity index (χ3n) is 4.73. The summed E-state index contributed by atoms with van der Waals surface area (Å²) in [5, 5.41) is 7.00. The van der Waals surface area contributed by atoms with E-state index in [1.165, 1.54) is 29.8 Å². The summed E-state index contributed by atoms with van der Waals surface area (Å²) in [7, 11) is 2.10. The van der Waals surface area contributed by atoms with Crippen molar-refractivity contribution in [3.05, 3.63) is 52.0 Å². The fourth-order valence-corrected chi connectivity index (χ4v) is 4.48. The summed E-state index contributed by atoms with van der Waals surface area (Å²) in [6.07, 6.45) is 4.95. The van der Waals surface area contributed by atoms with Gasteiger partial charge in [0.1, 0.15) is 0 Å². The van der Waals surface area contributed by atoms with Crippen molar-refractivity contribution in [3.8, 4) is 0 Å². The van der Waals surface area contributed by atoms with Crippen molar-refractivity contribution in [3.63, 3.8) is 0 Å². The predicted molar refractivity (Wildman–Crippen MR) is 89.9 cm³/mol. The van der Waals surface area contributed by atoms with Gasteiger partial charge in [-0.25, -0.2) is 4.98 Å². The second kappa shape index (κ2) is 6.71. The highest BCUT2D eigenvalue weighted by atomic mass is 32.1. The molecule has 2 aromatic rings. The van der Waals surface area contributed by atoms with E-state index in [2.05, 4.69) is 60.0 Å². The van der Waals surface area contributed by atoms with Gasteiger partial charge in [-0.3, -0.25) is 0 Å². The maximum atomic E-state index is 4.66. The Labute approximate surface area is 131 Å². The Morgan fingerprint density at radius 3 is 2.71 bits per heavy atom. The topological polar surface area (TPSA) is 24.9 Å². The summed E-state index contributed by atoms with van der Waals surface area (Å²) >= 11 is 1.81. The molecule has 0 amide bonds. The molecule has 0 aliphatic heterocycles. The highest BCUT2D eigenvalue weighted by Gasteiger charge is 2.30. The van der Waals surface area contributed by atoms with E-state index in [0.29, 0.717) is 17.9 Å². The Morgan fingerprint density at radius 1 is 1.24 bits per heavy atom. The average molecular weight is 300 g/mol. The second-order valence-corrected chi connectivity index (χ2v) is 7.11. The zero-order valence-corrected chi connectivity index (χ0v) is 13.7. The Morgan fingerprint density at radius 2 is 2.05 bits per heavy atom. The van der Waals surface area contributed by atoms with Crippen molar-refractivity contribution in [2.75, 3.05) is 7.05 Å². The summed E-state index contributed by atoms with van der Waals surface area (Å²) in [6, 6.07) is 11.6. The van der Waals surface area contributed by atoms with Gasteiger partial charge in [0.25, 0.3) is 0 Å². The molecular formula is C18H24N2S. The summed E-state index contributed by atoms with van der Waals surface area (Å²) in [5.74, 6) is 1.40. The van der Waals surface area contributed by atoms with E-state index in [1.54, 1.807) is 0 Å². The minimum Gasteiger partial charge on any atom is -0.317 e. The van der Waals surface area contributed by atoms with Gasteiger partial charge in [-0.1, -0.05) is 30.3 Å². The molecule has 21 heavy (non-hydrogen) atoms. The predicted octanol–water partition coefficient (Wildman–Crippen LogP) is 4.17. The molecule has 1 aliphatic rings. The molecule has 0 bridgehead atoms. The third kappa shape index (κ3) is 3.53. The van der Waals surface area contributed by atoms with Crippen LogP contribution >= 0.6 is 11.3 Å². The molecule has 2 nitrogen and oxygen atoms in total. The number of hydrogen-bond donors (Lipinski definition) is 1. The van der Waals surface area contributed by atoms with E-state index >= 15 is 0 Å². The van der Waals surface area contributed by atoms with Crippen LogP contribution in [0.1, 0.15) is 41.4 Å². The smallest absolute Gasteiger partial charge is 0.0931 e. The summed E-state index contributed by atoms with van der Waals surface area (Å²) in [5.41, 5.74) is 2.67. The van der Waals surface area contributed by atoms with Crippen LogP contribution in [0.15, 0.2) is 35.7 Å². The van der Waals surface area contributed by atoms with E-state index in [9.17, 15) is 0 Å². The number of thiazole rings is 1. The SMILES string of the molecule is CNC1CCC(c2ccccc2)CC1Cc1nc(C)cs1. The van der Waals surface area contributed by atoms with E-state index in [4.69, 9.17) is 0 Å². The van der Waals surface area contributed by atoms with Crippen LogP contribution in [0, 0.1) is 12.8 Å². The van der Waals surface area contributed by atoms with Crippen molar-refractivity contribution in [1.82, 2.24) is 10.3 Å². The minimum atomic E-state index is 0.633. The maximum Gasteiger partial charge on any atom is 0.0931 e. The molecule has 1 aromatic heterocycles. The number of rotatable bonds is 4. The Bertz CT molecular complexity index is 564. The third-order valence-corrected chi connectivity index (χ3v) is 5.72. The number of aryl methyl sites for hydroxylation is 1. The first-order chi connectivity index (χ1) is 10.3. The molecule has 1 fully saturated rings. The number of benzene rings is 1. The number of aromatic nitrogens is 1. The largest absolute Gasteiger partial charge is 0.317 e. The Balaban J connectivity index is 1.72. The van der Waals surface area contributed by atoms with Gasteiger partial charge >= 0.3 is 0 Å². The zero-order chi connectivity index (χ0) is 14.7. The van der Waals surface area contributed by atoms with Gasteiger partial charge in [0, 0.05) is 23.5 Å². The Kier molecular flexibility index (Phi) is 4.71. The molecule has 3 atom stereocenters. The molecule has 0 radical (unpaired) electrons. The molecule has 1 aromatic carbocycles. The fraction of sp³-hybridized carbons (Fsp3) is 0.500. The van der Waals surface area contributed by atoms with E-state index in [1.807, 2.05) is 11.3 Å². The quantitative estimate of drug-likeness (QED) is 0.917. The average Bonchev–Trinajstić information content (AvgIpc) is 2.93. The van der Waals surface area contributed by atoms with Crippen molar-refractivity contribution in [2.24, 2.45) is 5.92 Å². The summed E-state index contributed by atoms with van der Waals surface area (Å²) < 4.78 is 0. The highest BCUT2D eigenvalue weighted by molar-refractivity contribution is 7.09. The van der Waals surface area contributed by atoms with Crippen LogP contribution in [-0.2, 0) is 6.42 Å². The first-order valence-corrected chi connectivity index (χ1v) is 8.77. The highest BCUT2D eigenvalue weighted by Crippen LogP contribution is 2.38. The lowest BCUT2D eigenvalue weighted by Gasteiger charge is -2.36. The van der Waals surface area contributed by atoms with Gasteiger partial charge < -0.3 is 5.32 Å². The van der Waals surface area contributed by atoms with Crippen LogP contribution in [-0.4, -0.2) is 18.1 Å². The van der Waals surface area contributed by atoms with Gasteiger partial charge in [0.05, 0.1) is 5.01 Å². The van der Waals surface area contributed by atoms with Crippen molar-refractivity contribution < 1.29 is 0 Å². The lowest BCUT2D eigenvalue weighted by atomic mass is 9.74. The molecule has 1 N–H and O–H groups in total. The number of nitrogens with one attached hydrogen (secondary N) is 1. The van der Waals surface area contributed by atoms with Crippen LogP contribution < -0.4 is 5.32 Å². The molecule has 3 heteroatoms. The normalized spacial score (nSPS) is 25.9. The van der Waals surface area contributed by atoms with Crippen LogP contribution in [0.2, 0.25) is 0 Å². The first kappa shape index (κ1) is 14.7. The molecule has 0 saturated heterocycles. The number of nitrogens with zero attached hydrogens (tertiary/aromatic N) is 1. The summed E-state index contributed by atoms with van der Waals surface area (Å²) in [4.78, 5) is 4.66. The Hall–Kier alpha value is -1.19. The van der Waals surface area contributed by atoms with Crippen LogP contribution in [0.3, 0.4) is 0 Å². The molecule has 3 unspecified atom stereocenters. The van der Waals surface area contributed by atoms with E-state index in [-0.39, 0.29) is 0 Å². The molecule has 1 heterocycles. The number of hydrogen-bond acceptors (Lipinski definition) is 3. The first-order valence-electron chi connectivity index (χ1n) is 7.89. The van der Waals surface area contributed by atoms with Crippen molar-refractivity contribution >= 4 is 11.3 Å². The lowest BCUT2D eigenvalue weighted by Crippen LogP contribution is -2.39.